The van der Waals surface area contributed by atoms with E-state index in [4.69, 9.17) is 4.74 Å². The van der Waals surface area contributed by atoms with E-state index in [1.165, 1.54) is 11.3 Å². The Morgan fingerprint density at radius 3 is 3.00 bits per heavy atom. The molecule has 0 spiro atoms. The summed E-state index contributed by atoms with van der Waals surface area (Å²) in [5.74, 6) is 0.990. The summed E-state index contributed by atoms with van der Waals surface area (Å²) < 4.78 is 6.71. The van der Waals surface area contributed by atoms with Crippen molar-refractivity contribution in [1.29, 1.82) is 0 Å². The molecule has 0 aliphatic carbocycles. The van der Waals surface area contributed by atoms with Crippen LogP contribution in [0.2, 0.25) is 0 Å². The van der Waals surface area contributed by atoms with Crippen LogP contribution in [0.25, 0.3) is 0 Å². The summed E-state index contributed by atoms with van der Waals surface area (Å²) in [5, 5.41) is 0. The predicted molar refractivity (Wildman–Crippen MR) is 62.3 cm³/mol. The number of ether oxygens (including phenoxy) is 1. The first-order valence-corrected chi connectivity index (χ1v) is 5.69. The second kappa shape index (κ2) is 3.81. The van der Waals surface area contributed by atoms with Crippen LogP contribution in [0.15, 0.2) is 16.6 Å². The molecule has 0 unspecified atom stereocenters. The van der Waals surface area contributed by atoms with Crippen LogP contribution in [0.3, 0.4) is 0 Å². The summed E-state index contributed by atoms with van der Waals surface area (Å²) in [6.07, 6.45) is 0. The van der Waals surface area contributed by atoms with Crippen molar-refractivity contribution in [3.8, 4) is 5.75 Å². The van der Waals surface area contributed by atoms with E-state index in [0.29, 0.717) is 0 Å². The van der Waals surface area contributed by atoms with E-state index in [1.54, 1.807) is 0 Å². The summed E-state index contributed by atoms with van der Waals surface area (Å²) in [4.78, 5) is 2.34. The number of rotatable bonds is 1. The van der Waals surface area contributed by atoms with Crippen LogP contribution >= 0.6 is 15.9 Å². The van der Waals surface area contributed by atoms with Crippen molar-refractivity contribution in [2.24, 2.45) is 0 Å². The Hall–Kier alpha value is -0.700. The van der Waals surface area contributed by atoms with Crippen LogP contribution in [0.1, 0.15) is 12.5 Å². The van der Waals surface area contributed by atoms with Gasteiger partial charge in [0.25, 0.3) is 0 Å². The quantitative estimate of drug-likeness (QED) is 0.765. The molecule has 2 nitrogen and oxygen atoms in total. The second-order valence-electron chi connectivity index (χ2n) is 3.52. The van der Waals surface area contributed by atoms with E-state index in [0.717, 1.165) is 29.9 Å². The fourth-order valence-electron chi connectivity index (χ4n) is 1.80. The van der Waals surface area contributed by atoms with Gasteiger partial charge in [-0.2, -0.15) is 0 Å². The highest BCUT2D eigenvalue weighted by atomic mass is 79.9. The summed E-state index contributed by atoms with van der Waals surface area (Å²) in [6, 6.07) is 4.28. The lowest BCUT2D eigenvalue weighted by Gasteiger charge is -2.31. The van der Waals surface area contributed by atoms with Crippen LogP contribution in [-0.2, 0) is 0 Å². The Kier molecular flexibility index (Phi) is 2.68. The summed E-state index contributed by atoms with van der Waals surface area (Å²) in [7, 11) is 0. The van der Waals surface area contributed by atoms with Crippen molar-refractivity contribution in [1.82, 2.24) is 0 Å². The van der Waals surface area contributed by atoms with Gasteiger partial charge in [0.1, 0.15) is 6.61 Å². The maximum atomic E-state index is 5.65. The molecule has 0 fully saturated rings. The first-order valence-electron chi connectivity index (χ1n) is 4.90. The van der Waals surface area contributed by atoms with E-state index in [1.807, 2.05) is 0 Å². The fourth-order valence-corrected chi connectivity index (χ4v) is 2.47. The van der Waals surface area contributed by atoms with Crippen molar-refractivity contribution in [2.75, 3.05) is 24.6 Å². The first-order chi connectivity index (χ1) is 6.72. The van der Waals surface area contributed by atoms with E-state index < -0.39 is 0 Å². The van der Waals surface area contributed by atoms with Gasteiger partial charge in [-0.05, 0) is 47.5 Å². The van der Waals surface area contributed by atoms with Crippen LogP contribution in [0, 0.1) is 6.92 Å². The largest absolute Gasteiger partial charge is 0.488 e. The van der Waals surface area contributed by atoms with Gasteiger partial charge in [0.05, 0.1) is 16.7 Å². The number of aryl methyl sites for hydroxylation is 1. The van der Waals surface area contributed by atoms with Crippen LogP contribution in [0.4, 0.5) is 5.69 Å². The highest BCUT2D eigenvalue weighted by molar-refractivity contribution is 9.10. The van der Waals surface area contributed by atoms with Gasteiger partial charge in [-0.3, -0.25) is 0 Å². The van der Waals surface area contributed by atoms with Gasteiger partial charge in [-0.25, -0.2) is 0 Å². The van der Waals surface area contributed by atoms with Gasteiger partial charge in [0.2, 0.25) is 0 Å². The maximum Gasteiger partial charge on any atom is 0.156 e. The number of likely N-dealkylation sites (N-methyl/N-ethyl adjacent to an activating group) is 1. The highest BCUT2D eigenvalue weighted by Crippen LogP contribution is 2.38. The summed E-state index contributed by atoms with van der Waals surface area (Å²) in [6.45, 7) is 7.08. The zero-order valence-corrected chi connectivity index (χ0v) is 10.1. The van der Waals surface area contributed by atoms with E-state index in [9.17, 15) is 0 Å². The Balaban J connectivity index is 2.51. The zero-order valence-electron chi connectivity index (χ0n) is 8.51. The minimum Gasteiger partial charge on any atom is -0.488 e. The number of benzene rings is 1. The van der Waals surface area contributed by atoms with Gasteiger partial charge >= 0.3 is 0 Å². The molecule has 0 amide bonds. The van der Waals surface area contributed by atoms with E-state index in [2.05, 4.69) is 46.8 Å². The predicted octanol–water partition coefficient (Wildman–Crippen LogP) is 2.98. The molecule has 0 atom stereocenters. The topological polar surface area (TPSA) is 12.5 Å². The molecule has 3 heteroatoms. The number of hydrogen-bond donors (Lipinski definition) is 0. The fraction of sp³-hybridized carbons (Fsp3) is 0.455. The molecule has 1 heterocycles. The maximum absolute atomic E-state index is 5.65. The molecule has 0 N–H and O–H groups in total. The molecule has 0 radical (unpaired) electrons. The van der Waals surface area contributed by atoms with Crippen molar-refractivity contribution in [3.05, 3.63) is 22.2 Å². The monoisotopic (exact) mass is 255 g/mol. The molecule has 0 saturated heterocycles. The number of fused-ring (bicyclic) bond motifs is 1. The Morgan fingerprint density at radius 2 is 2.29 bits per heavy atom. The third kappa shape index (κ3) is 1.61. The molecule has 0 saturated carbocycles. The second-order valence-corrected chi connectivity index (χ2v) is 4.38. The third-order valence-corrected chi connectivity index (χ3v) is 3.09. The molecule has 1 aromatic rings. The van der Waals surface area contributed by atoms with Gasteiger partial charge < -0.3 is 9.64 Å². The first kappa shape index (κ1) is 9.84. The van der Waals surface area contributed by atoms with E-state index in [-0.39, 0.29) is 0 Å². The van der Waals surface area contributed by atoms with Crippen LogP contribution < -0.4 is 9.64 Å². The van der Waals surface area contributed by atoms with Crippen LogP contribution in [0.5, 0.6) is 5.75 Å². The van der Waals surface area contributed by atoms with Crippen LogP contribution in [-0.4, -0.2) is 19.7 Å². The molecule has 2 rings (SSSR count). The number of nitrogens with zero attached hydrogens (tertiary/aromatic N) is 1. The number of halogens is 1. The highest BCUT2D eigenvalue weighted by Gasteiger charge is 2.19. The minimum atomic E-state index is 0.780. The van der Waals surface area contributed by atoms with Gasteiger partial charge in [0, 0.05) is 6.54 Å². The van der Waals surface area contributed by atoms with Gasteiger partial charge in [0.15, 0.2) is 5.75 Å². The average molecular weight is 256 g/mol. The molecule has 76 valence electrons. The van der Waals surface area contributed by atoms with E-state index >= 15 is 0 Å². The van der Waals surface area contributed by atoms with Crippen molar-refractivity contribution in [2.45, 2.75) is 13.8 Å². The van der Waals surface area contributed by atoms with Crippen molar-refractivity contribution < 1.29 is 4.74 Å². The molecule has 0 bridgehead atoms. The number of anilines is 1. The smallest absolute Gasteiger partial charge is 0.156 e. The van der Waals surface area contributed by atoms with Gasteiger partial charge in [-0.1, -0.05) is 0 Å². The number of hydrogen-bond acceptors (Lipinski definition) is 2. The molecule has 1 aromatic carbocycles. The molecule has 0 aromatic heterocycles. The zero-order chi connectivity index (χ0) is 10.1. The molecule has 1 aliphatic heterocycles. The van der Waals surface area contributed by atoms with Gasteiger partial charge in [-0.15, -0.1) is 0 Å². The summed E-state index contributed by atoms with van der Waals surface area (Å²) in [5.41, 5.74) is 2.48. The van der Waals surface area contributed by atoms with Crippen molar-refractivity contribution in [3.63, 3.8) is 0 Å². The van der Waals surface area contributed by atoms with Crippen molar-refractivity contribution >= 4 is 21.6 Å². The standard InChI is InChI=1S/C11H14BrNO/c1-3-13-4-5-14-11-9(12)6-8(2)7-10(11)13/h6-7H,3-5H2,1-2H3. The summed E-state index contributed by atoms with van der Waals surface area (Å²) >= 11 is 3.54. The SMILES string of the molecule is CCN1CCOc2c(Br)cc(C)cc21. The Bertz CT molecular complexity index is 351. The normalized spacial score (nSPS) is 14.9. The lowest BCUT2D eigenvalue weighted by molar-refractivity contribution is 0.306. The third-order valence-electron chi connectivity index (χ3n) is 2.50. The molecule has 1 aliphatic rings. The molecular weight excluding hydrogens is 242 g/mol. The molecule has 14 heavy (non-hydrogen) atoms. The molecular formula is C11H14BrNO. The minimum absolute atomic E-state index is 0.780. The lowest BCUT2D eigenvalue weighted by atomic mass is 10.1. The Labute approximate surface area is 93.0 Å². The average Bonchev–Trinajstić information content (AvgIpc) is 2.17. The Morgan fingerprint density at radius 1 is 1.50 bits per heavy atom. The lowest BCUT2D eigenvalue weighted by Crippen LogP contribution is -2.32.